The third kappa shape index (κ3) is 3.53. The number of hydrogen-bond acceptors (Lipinski definition) is 4. The van der Waals surface area contributed by atoms with Crippen LogP contribution in [0.25, 0.3) is 0 Å². The molecule has 0 aliphatic carbocycles. The van der Waals surface area contributed by atoms with Gasteiger partial charge in [-0.3, -0.25) is 10.6 Å². The number of benzene rings is 1. The molecule has 0 saturated carbocycles. The van der Waals surface area contributed by atoms with E-state index in [0.29, 0.717) is 17.9 Å². The number of amides is 1. The van der Waals surface area contributed by atoms with Crippen molar-refractivity contribution >= 4 is 11.6 Å². The Hall–Kier alpha value is -2.40. The molecular formula is C14H16N4O. The molecule has 1 aromatic heterocycles. The minimum atomic E-state index is -0.204. The van der Waals surface area contributed by atoms with Gasteiger partial charge in [0.1, 0.15) is 5.69 Å². The van der Waals surface area contributed by atoms with Crippen molar-refractivity contribution in [2.75, 3.05) is 5.43 Å². The third-order valence-corrected chi connectivity index (χ3v) is 2.70. The molecule has 0 fully saturated rings. The van der Waals surface area contributed by atoms with E-state index in [9.17, 15) is 4.79 Å². The minimum Gasteiger partial charge on any atom is -0.347 e. The Morgan fingerprint density at radius 3 is 2.79 bits per heavy atom. The fourth-order valence-corrected chi connectivity index (χ4v) is 1.71. The number of nitrogens with two attached hydrogens (primary N) is 1. The van der Waals surface area contributed by atoms with Gasteiger partial charge in [0.05, 0.1) is 11.9 Å². The van der Waals surface area contributed by atoms with Gasteiger partial charge in [-0.1, -0.05) is 29.8 Å². The van der Waals surface area contributed by atoms with Crippen LogP contribution in [0.5, 0.6) is 0 Å². The quantitative estimate of drug-likeness (QED) is 0.573. The molecule has 0 saturated heterocycles. The highest BCUT2D eigenvalue weighted by Crippen LogP contribution is 2.06. The molecule has 5 nitrogen and oxygen atoms in total. The number of hydrogen-bond donors (Lipinski definition) is 3. The summed E-state index contributed by atoms with van der Waals surface area (Å²) in [7, 11) is 0. The Bertz CT molecular complexity index is 566. The Morgan fingerprint density at radius 2 is 2.16 bits per heavy atom. The molecule has 0 aliphatic rings. The zero-order valence-corrected chi connectivity index (χ0v) is 10.7. The van der Waals surface area contributed by atoms with Crippen LogP contribution in [0.4, 0.5) is 5.69 Å². The Kier molecular flexibility index (Phi) is 4.10. The van der Waals surface area contributed by atoms with Crippen LogP contribution in [-0.2, 0) is 6.54 Å². The van der Waals surface area contributed by atoms with Gasteiger partial charge in [0.25, 0.3) is 5.91 Å². The van der Waals surface area contributed by atoms with Crippen LogP contribution in [-0.4, -0.2) is 10.9 Å². The number of anilines is 1. The third-order valence-electron chi connectivity index (χ3n) is 2.70. The van der Waals surface area contributed by atoms with Gasteiger partial charge >= 0.3 is 0 Å². The van der Waals surface area contributed by atoms with Crippen LogP contribution in [0.15, 0.2) is 42.6 Å². The van der Waals surface area contributed by atoms with Crippen molar-refractivity contribution < 1.29 is 4.79 Å². The number of pyridine rings is 1. The molecule has 5 heteroatoms. The number of rotatable bonds is 4. The average Bonchev–Trinajstić information content (AvgIpc) is 2.45. The second-order valence-corrected chi connectivity index (χ2v) is 4.25. The van der Waals surface area contributed by atoms with Crippen LogP contribution >= 0.6 is 0 Å². The van der Waals surface area contributed by atoms with E-state index in [4.69, 9.17) is 5.84 Å². The van der Waals surface area contributed by atoms with Crippen molar-refractivity contribution in [1.82, 2.24) is 10.3 Å². The van der Waals surface area contributed by atoms with Crippen molar-refractivity contribution in [3.63, 3.8) is 0 Å². The van der Waals surface area contributed by atoms with Gasteiger partial charge in [-0.2, -0.15) is 0 Å². The summed E-state index contributed by atoms with van der Waals surface area (Å²) in [6.45, 7) is 2.50. The van der Waals surface area contributed by atoms with Gasteiger partial charge in [0, 0.05) is 6.54 Å². The molecule has 19 heavy (non-hydrogen) atoms. The first-order valence-electron chi connectivity index (χ1n) is 5.95. The van der Waals surface area contributed by atoms with E-state index in [-0.39, 0.29) is 5.91 Å². The highest BCUT2D eigenvalue weighted by atomic mass is 16.1. The first-order valence-corrected chi connectivity index (χ1v) is 5.95. The number of nitrogens with one attached hydrogen (secondary N) is 2. The predicted molar refractivity (Wildman–Crippen MR) is 74.4 cm³/mol. The first kappa shape index (κ1) is 13.0. The van der Waals surface area contributed by atoms with E-state index in [1.165, 1.54) is 11.8 Å². The van der Waals surface area contributed by atoms with Gasteiger partial charge in [0.2, 0.25) is 0 Å². The predicted octanol–water partition coefficient (Wildman–Crippen LogP) is 1.61. The van der Waals surface area contributed by atoms with E-state index in [1.807, 2.05) is 31.2 Å². The molecule has 0 radical (unpaired) electrons. The Labute approximate surface area is 111 Å². The van der Waals surface area contributed by atoms with Gasteiger partial charge in [-0.15, -0.1) is 0 Å². The van der Waals surface area contributed by atoms with Crippen molar-refractivity contribution in [3.05, 3.63) is 59.4 Å². The molecular weight excluding hydrogens is 240 g/mol. The van der Waals surface area contributed by atoms with Crippen LogP contribution in [0.1, 0.15) is 21.6 Å². The van der Waals surface area contributed by atoms with Crippen LogP contribution in [0.3, 0.4) is 0 Å². The monoisotopic (exact) mass is 256 g/mol. The van der Waals surface area contributed by atoms with E-state index >= 15 is 0 Å². The van der Waals surface area contributed by atoms with Crippen molar-refractivity contribution in [2.45, 2.75) is 13.5 Å². The van der Waals surface area contributed by atoms with Gasteiger partial charge in [-0.05, 0) is 24.6 Å². The van der Waals surface area contributed by atoms with E-state index in [1.54, 1.807) is 12.1 Å². The van der Waals surface area contributed by atoms with Crippen molar-refractivity contribution in [2.24, 2.45) is 5.84 Å². The lowest BCUT2D eigenvalue weighted by Gasteiger charge is -2.06. The fourth-order valence-electron chi connectivity index (χ4n) is 1.71. The van der Waals surface area contributed by atoms with E-state index < -0.39 is 0 Å². The molecule has 1 amide bonds. The number of aryl methyl sites for hydroxylation is 1. The zero-order chi connectivity index (χ0) is 13.7. The summed E-state index contributed by atoms with van der Waals surface area (Å²) >= 11 is 0. The molecule has 0 spiro atoms. The topological polar surface area (TPSA) is 80.0 Å². The summed E-state index contributed by atoms with van der Waals surface area (Å²) in [5, 5.41) is 2.83. The Balaban J connectivity index is 1.97. The summed E-state index contributed by atoms with van der Waals surface area (Å²) in [6, 6.07) is 11.3. The number of carbonyl (C=O) groups excluding carboxylic acids is 1. The largest absolute Gasteiger partial charge is 0.347 e. The van der Waals surface area contributed by atoms with Crippen molar-refractivity contribution in [1.29, 1.82) is 0 Å². The van der Waals surface area contributed by atoms with Gasteiger partial charge in [-0.25, -0.2) is 4.98 Å². The van der Waals surface area contributed by atoms with Crippen molar-refractivity contribution in [3.8, 4) is 0 Å². The van der Waals surface area contributed by atoms with E-state index in [0.717, 1.165) is 5.56 Å². The van der Waals surface area contributed by atoms with Crippen LogP contribution in [0, 0.1) is 6.92 Å². The number of nitrogen functional groups attached to an aromatic ring is 1. The molecule has 2 aromatic rings. The summed E-state index contributed by atoms with van der Waals surface area (Å²) in [4.78, 5) is 15.9. The lowest BCUT2D eigenvalue weighted by molar-refractivity contribution is 0.0946. The smallest absolute Gasteiger partial charge is 0.270 e. The second kappa shape index (κ2) is 5.97. The number of hydrazine groups is 1. The van der Waals surface area contributed by atoms with Crippen LogP contribution < -0.4 is 16.6 Å². The van der Waals surface area contributed by atoms with Crippen LogP contribution in [0.2, 0.25) is 0 Å². The summed E-state index contributed by atoms with van der Waals surface area (Å²) < 4.78 is 0. The summed E-state index contributed by atoms with van der Waals surface area (Å²) in [5.41, 5.74) is 5.73. The maximum Gasteiger partial charge on any atom is 0.270 e. The maximum atomic E-state index is 11.9. The average molecular weight is 256 g/mol. The zero-order valence-electron chi connectivity index (χ0n) is 10.7. The van der Waals surface area contributed by atoms with Gasteiger partial charge in [0.15, 0.2) is 0 Å². The van der Waals surface area contributed by atoms with E-state index in [2.05, 4.69) is 15.7 Å². The highest BCUT2D eigenvalue weighted by Gasteiger charge is 2.06. The first-order chi connectivity index (χ1) is 9.19. The molecule has 4 N–H and O–H groups in total. The minimum absolute atomic E-state index is 0.204. The number of carbonyl (C=O) groups is 1. The lowest BCUT2D eigenvalue weighted by Crippen LogP contribution is -2.23. The second-order valence-electron chi connectivity index (χ2n) is 4.25. The Morgan fingerprint density at radius 1 is 1.32 bits per heavy atom. The highest BCUT2D eigenvalue weighted by molar-refractivity contribution is 5.92. The molecule has 0 atom stereocenters. The number of aromatic nitrogens is 1. The summed E-state index contributed by atoms with van der Waals surface area (Å²) in [5.74, 6) is 5.03. The number of nitrogens with zero attached hydrogens (tertiary/aromatic N) is 1. The standard InChI is InChI=1S/C14H16N4O/c1-10-3-2-4-11(7-10)8-17-14(19)13-6-5-12(18-15)9-16-13/h2-7,9,18H,8,15H2,1H3,(H,17,19). The molecule has 2 rings (SSSR count). The maximum absolute atomic E-state index is 11.9. The van der Waals surface area contributed by atoms with Gasteiger partial charge < -0.3 is 10.7 Å². The molecule has 98 valence electrons. The molecule has 0 aliphatic heterocycles. The normalized spacial score (nSPS) is 10.0. The SMILES string of the molecule is Cc1cccc(CNC(=O)c2ccc(NN)cn2)c1. The summed E-state index contributed by atoms with van der Waals surface area (Å²) in [6.07, 6.45) is 1.52. The molecule has 0 bridgehead atoms. The molecule has 0 unspecified atom stereocenters. The fraction of sp³-hybridized carbons (Fsp3) is 0.143. The molecule has 1 heterocycles. The molecule has 1 aromatic carbocycles. The lowest BCUT2D eigenvalue weighted by atomic mass is 10.1.